The third-order valence-corrected chi connectivity index (χ3v) is 12.3. The molecule has 0 N–H and O–H groups in total. The highest BCUT2D eigenvalue weighted by atomic mass is 16.7. The fourth-order valence-corrected chi connectivity index (χ4v) is 10.6. The van der Waals surface area contributed by atoms with Gasteiger partial charge in [-0.25, -0.2) is 4.79 Å². The van der Waals surface area contributed by atoms with Crippen LogP contribution in [0.5, 0.6) is 0 Å². The second-order valence-corrected chi connectivity index (χ2v) is 15.6. The number of cyclic esters (lactones) is 1. The van der Waals surface area contributed by atoms with Crippen molar-refractivity contribution in [3.8, 4) is 0 Å². The van der Waals surface area contributed by atoms with Crippen LogP contribution in [0.2, 0.25) is 0 Å². The van der Waals surface area contributed by atoms with Gasteiger partial charge in [0, 0.05) is 37.2 Å². The minimum Gasteiger partial charge on any atom is -0.462 e. The highest BCUT2D eigenvalue weighted by molar-refractivity contribution is 5.83. The molecule has 8 nitrogen and oxygen atoms in total. The lowest BCUT2D eigenvalue weighted by Gasteiger charge is -2.65. The molecule has 11 unspecified atom stereocenters. The summed E-state index contributed by atoms with van der Waals surface area (Å²) in [4.78, 5) is 37.4. The van der Waals surface area contributed by atoms with Crippen molar-refractivity contribution in [3.05, 3.63) is 23.8 Å². The van der Waals surface area contributed by atoms with Gasteiger partial charge in [0.1, 0.15) is 17.8 Å². The molecule has 2 saturated heterocycles. The summed E-state index contributed by atoms with van der Waals surface area (Å²) < 4.78 is 30.3. The summed E-state index contributed by atoms with van der Waals surface area (Å²) in [6, 6.07) is 0. The first-order valence-electron chi connectivity index (χ1n) is 15.7. The molecule has 0 aromatic heterocycles. The van der Waals surface area contributed by atoms with Crippen LogP contribution in [0.4, 0.5) is 0 Å². The number of epoxide rings is 1. The molecule has 2 saturated carbocycles. The summed E-state index contributed by atoms with van der Waals surface area (Å²) in [5, 5.41) is 0. The van der Waals surface area contributed by atoms with Gasteiger partial charge in [0.05, 0.1) is 11.7 Å². The molecule has 11 atom stereocenters. The zero-order valence-corrected chi connectivity index (χ0v) is 26.7. The Balaban J connectivity index is 1.38. The third kappa shape index (κ3) is 4.33. The van der Waals surface area contributed by atoms with Gasteiger partial charge in [-0.3, -0.25) is 9.59 Å². The Morgan fingerprint density at radius 2 is 1.60 bits per heavy atom. The Kier molecular flexibility index (Phi) is 6.69. The molecule has 3 aliphatic heterocycles. The average Bonchev–Trinajstić information content (AvgIpc) is 3.16. The molecule has 0 aromatic carbocycles. The van der Waals surface area contributed by atoms with E-state index in [1.807, 2.05) is 13.8 Å². The van der Waals surface area contributed by atoms with E-state index in [1.54, 1.807) is 6.08 Å². The fourth-order valence-electron chi connectivity index (χ4n) is 10.6. The van der Waals surface area contributed by atoms with Crippen LogP contribution in [-0.4, -0.2) is 53.7 Å². The molecular formula is C34H48O8. The van der Waals surface area contributed by atoms with Gasteiger partial charge in [0.25, 0.3) is 0 Å². The van der Waals surface area contributed by atoms with Crippen molar-refractivity contribution in [1.82, 2.24) is 0 Å². The lowest BCUT2D eigenvalue weighted by molar-refractivity contribution is -0.203. The Morgan fingerprint density at radius 3 is 2.21 bits per heavy atom. The summed E-state index contributed by atoms with van der Waals surface area (Å²) in [7, 11) is 0. The number of carbonyl (C=O) groups excluding carboxylic acids is 3. The van der Waals surface area contributed by atoms with Crippen molar-refractivity contribution < 1.29 is 38.1 Å². The van der Waals surface area contributed by atoms with E-state index in [4.69, 9.17) is 23.7 Å². The first-order valence-corrected chi connectivity index (χ1v) is 15.7. The summed E-state index contributed by atoms with van der Waals surface area (Å²) in [6.07, 6.45) is 9.07. The number of esters is 3. The third-order valence-electron chi connectivity index (χ3n) is 12.3. The second kappa shape index (κ2) is 9.40. The van der Waals surface area contributed by atoms with E-state index in [0.717, 1.165) is 25.7 Å². The summed E-state index contributed by atoms with van der Waals surface area (Å²) in [5.41, 5.74) is -0.579. The van der Waals surface area contributed by atoms with E-state index < -0.39 is 17.3 Å². The summed E-state index contributed by atoms with van der Waals surface area (Å²) in [5.74, 6) is -0.605. The van der Waals surface area contributed by atoms with Gasteiger partial charge in [-0.05, 0) is 82.5 Å². The first-order chi connectivity index (χ1) is 19.4. The van der Waals surface area contributed by atoms with Gasteiger partial charge in [-0.1, -0.05) is 38.5 Å². The van der Waals surface area contributed by atoms with Crippen molar-refractivity contribution >= 4 is 17.9 Å². The Bertz CT molecular complexity index is 1250. The lowest BCUT2D eigenvalue weighted by atomic mass is 9.40. The van der Waals surface area contributed by atoms with Gasteiger partial charge >= 0.3 is 17.9 Å². The van der Waals surface area contributed by atoms with Crippen molar-refractivity contribution in [2.45, 2.75) is 130 Å². The van der Waals surface area contributed by atoms with Gasteiger partial charge in [-0.2, -0.15) is 0 Å². The molecular weight excluding hydrogens is 536 g/mol. The number of carbonyl (C=O) groups is 3. The molecule has 232 valence electrons. The molecule has 8 heteroatoms. The highest BCUT2D eigenvalue weighted by Crippen LogP contribution is 2.72. The zero-order chi connectivity index (χ0) is 30.6. The summed E-state index contributed by atoms with van der Waals surface area (Å²) >= 11 is 0. The normalized spacial score (nSPS) is 48.1. The van der Waals surface area contributed by atoms with Crippen molar-refractivity contribution in [3.63, 3.8) is 0 Å². The van der Waals surface area contributed by atoms with Crippen LogP contribution in [0, 0.1) is 39.9 Å². The number of rotatable bonds is 4. The highest BCUT2D eigenvalue weighted by Gasteiger charge is 2.69. The number of allylic oxidation sites excluding steroid dienone is 2. The molecule has 3 aliphatic carbocycles. The smallest absolute Gasteiger partial charge is 0.330 e. The zero-order valence-electron chi connectivity index (χ0n) is 26.7. The van der Waals surface area contributed by atoms with Crippen LogP contribution in [0.15, 0.2) is 23.8 Å². The minimum atomic E-state index is -0.714. The molecule has 4 fully saturated rings. The predicted molar refractivity (Wildman–Crippen MR) is 154 cm³/mol. The molecule has 6 rings (SSSR count). The number of fused-ring (bicyclic) bond motifs is 5. The van der Waals surface area contributed by atoms with E-state index in [2.05, 4.69) is 46.8 Å². The van der Waals surface area contributed by atoms with Gasteiger partial charge < -0.3 is 23.7 Å². The largest absolute Gasteiger partial charge is 0.462 e. The molecule has 0 aromatic rings. The van der Waals surface area contributed by atoms with Gasteiger partial charge in [0.2, 0.25) is 6.29 Å². The molecule has 0 radical (unpaired) electrons. The monoisotopic (exact) mass is 584 g/mol. The SMILES string of the molecule is CC(=O)OC1OC(C2OC2(C)C)CC1C1CC=C2C1(C)CCC1C3(C)C=CC(=O)OC(C)(C)C3CC(OC(C)=O)C21C. The van der Waals surface area contributed by atoms with Crippen molar-refractivity contribution in [2.24, 2.45) is 39.9 Å². The quantitative estimate of drug-likeness (QED) is 0.180. The maximum absolute atomic E-state index is 12.7. The lowest BCUT2D eigenvalue weighted by Crippen LogP contribution is -2.64. The number of hydrogen-bond acceptors (Lipinski definition) is 8. The van der Waals surface area contributed by atoms with Crippen LogP contribution in [0.25, 0.3) is 0 Å². The van der Waals surface area contributed by atoms with E-state index in [9.17, 15) is 14.4 Å². The molecule has 0 amide bonds. The average molecular weight is 585 g/mol. The van der Waals surface area contributed by atoms with Crippen LogP contribution in [0.3, 0.4) is 0 Å². The van der Waals surface area contributed by atoms with Gasteiger partial charge in [-0.15, -0.1) is 0 Å². The first kappa shape index (κ1) is 29.9. The van der Waals surface area contributed by atoms with Gasteiger partial charge in [0.15, 0.2) is 0 Å². The Morgan fingerprint density at radius 1 is 0.929 bits per heavy atom. The molecule has 0 spiro atoms. The van der Waals surface area contributed by atoms with Crippen molar-refractivity contribution in [2.75, 3.05) is 0 Å². The molecule has 0 bridgehead atoms. The fraction of sp³-hybridized carbons (Fsp3) is 0.794. The standard InChI is InChI=1S/C34H48O8/c1-18(35)38-26-17-25-30(3,4)41-27(37)13-15-33(25,8)24-12-14-32(7)21(10-11-23(32)34(24,26)9)20-16-22(28-31(5,6)42-28)40-29(20)39-19(2)36/h11,13,15,20-22,24-26,28-29H,10,12,14,16-17H2,1-9H3. The Labute approximate surface area is 249 Å². The van der Waals surface area contributed by atoms with Crippen LogP contribution < -0.4 is 0 Å². The van der Waals surface area contributed by atoms with Crippen LogP contribution in [-0.2, 0) is 38.1 Å². The van der Waals surface area contributed by atoms with Crippen molar-refractivity contribution in [1.29, 1.82) is 0 Å². The van der Waals surface area contributed by atoms with E-state index in [1.165, 1.54) is 19.4 Å². The maximum atomic E-state index is 12.7. The number of ether oxygens (including phenoxy) is 5. The maximum Gasteiger partial charge on any atom is 0.330 e. The van der Waals surface area contributed by atoms with E-state index >= 15 is 0 Å². The molecule has 42 heavy (non-hydrogen) atoms. The minimum absolute atomic E-state index is 0.00525. The second-order valence-electron chi connectivity index (χ2n) is 15.6. The van der Waals surface area contributed by atoms with E-state index in [0.29, 0.717) is 6.42 Å². The predicted octanol–water partition coefficient (Wildman–Crippen LogP) is 5.68. The van der Waals surface area contributed by atoms with E-state index in [-0.39, 0.29) is 76.3 Å². The van der Waals surface area contributed by atoms with Crippen LogP contribution in [0.1, 0.15) is 94.4 Å². The Hall–Kier alpha value is -2.19. The topological polar surface area (TPSA) is 101 Å². The summed E-state index contributed by atoms with van der Waals surface area (Å²) in [6.45, 7) is 18.0. The van der Waals surface area contributed by atoms with Crippen LogP contribution >= 0.6 is 0 Å². The molecule has 6 aliphatic rings. The molecule has 3 heterocycles. The number of hydrogen-bond donors (Lipinski definition) is 0.